The molecule has 2 aromatic carbocycles. The topological polar surface area (TPSA) is 55.8 Å². The van der Waals surface area contributed by atoms with Gasteiger partial charge in [0.25, 0.3) is 0 Å². The zero-order chi connectivity index (χ0) is 19.6. The Morgan fingerprint density at radius 3 is 2.52 bits per heavy atom. The number of benzene rings is 2. The number of hydrogen-bond donors (Lipinski definition) is 0. The van der Waals surface area contributed by atoms with Crippen LogP contribution in [0.1, 0.15) is 27.2 Å². The van der Waals surface area contributed by atoms with Gasteiger partial charge in [-0.25, -0.2) is 9.59 Å². The molecule has 0 saturated carbocycles. The first-order chi connectivity index (χ1) is 12.8. The molecule has 2 unspecified atom stereocenters. The summed E-state index contributed by atoms with van der Waals surface area (Å²) in [6.07, 6.45) is 0.0682. The monoisotopic (exact) mass is 387 g/mol. The molecule has 0 N–H and O–H groups in total. The Morgan fingerprint density at radius 2 is 1.81 bits per heavy atom. The Labute approximate surface area is 164 Å². The third-order valence-corrected chi connectivity index (χ3v) is 5.69. The summed E-state index contributed by atoms with van der Waals surface area (Å²) in [5.41, 5.74) is -0.612. The highest BCUT2D eigenvalue weighted by molar-refractivity contribution is 8.00. The molecule has 6 heteroatoms. The van der Waals surface area contributed by atoms with Crippen molar-refractivity contribution in [3.05, 3.63) is 42.5 Å². The number of amides is 1. The van der Waals surface area contributed by atoms with Gasteiger partial charge in [-0.15, -0.1) is 11.8 Å². The van der Waals surface area contributed by atoms with Crippen LogP contribution >= 0.6 is 11.8 Å². The fraction of sp³-hybridized carbons (Fsp3) is 0.429. The Balaban J connectivity index is 1.81. The van der Waals surface area contributed by atoms with Crippen molar-refractivity contribution in [2.24, 2.45) is 0 Å². The summed E-state index contributed by atoms with van der Waals surface area (Å²) in [6.45, 7) is 5.89. The number of ether oxygens (including phenoxy) is 2. The number of carbonyl (C=O) groups is 2. The van der Waals surface area contributed by atoms with Crippen molar-refractivity contribution in [2.45, 2.75) is 49.0 Å². The quantitative estimate of drug-likeness (QED) is 0.727. The van der Waals surface area contributed by atoms with Crippen molar-refractivity contribution in [3.63, 3.8) is 0 Å². The number of nitrogens with zero attached hydrogens (tertiary/aromatic N) is 1. The van der Waals surface area contributed by atoms with E-state index in [4.69, 9.17) is 9.47 Å². The first kappa shape index (κ1) is 19.5. The van der Waals surface area contributed by atoms with Gasteiger partial charge in [0.2, 0.25) is 0 Å². The predicted octanol–water partition coefficient (Wildman–Crippen LogP) is 4.48. The molecule has 1 fully saturated rings. The van der Waals surface area contributed by atoms with Crippen molar-refractivity contribution in [3.8, 4) is 0 Å². The third kappa shape index (κ3) is 4.56. The average Bonchev–Trinajstić information content (AvgIpc) is 3.04. The Bertz CT molecular complexity index is 840. The predicted molar refractivity (Wildman–Crippen MR) is 107 cm³/mol. The molecule has 2 aromatic rings. The van der Waals surface area contributed by atoms with Crippen LogP contribution in [0.2, 0.25) is 0 Å². The Hall–Kier alpha value is -2.21. The lowest BCUT2D eigenvalue weighted by Gasteiger charge is -2.27. The zero-order valence-corrected chi connectivity index (χ0v) is 16.9. The zero-order valence-electron chi connectivity index (χ0n) is 16.1. The van der Waals surface area contributed by atoms with Crippen molar-refractivity contribution in [2.75, 3.05) is 13.7 Å². The molecule has 3 rings (SSSR count). The number of methoxy groups -OCH3 is 1. The Morgan fingerprint density at radius 1 is 1.11 bits per heavy atom. The molecule has 2 atom stereocenters. The van der Waals surface area contributed by atoms with Crippen LogP contribution < -0.4 is 0 Å². The van der Waals surface area contributed by atoms with Gasteiger partial charge >= 0.3 is 12.1 Å². The molecule has 27 heavy (non-hydrogen) atoms. The number of hydrogen-bond acceptors (Lipinski definition) is 5. The molecule has 0 radical (unpaired) electrons. The SMILES string of the molecule is COC(=O)C1CC(Sc2cccc3ccccc23)CN1C(=O)OC(C)(C)C. The van der Waals surface area contributed by atoms with Crippen LogP contribution in [0.3, 0.4) is 0 Å². The maximum Gasteiger partial charge on any atom is 0.411 e. The summed E-state index contributed by atoms with van der Waals surface area (Å²) in [4.78, 5) is 27.5. The highest BCUT2D eigenvalue weighted by atomic mass is 32.2. The molecule has 1 amide bonds. The van der Waals surface area contributed by atoms with Crippen molar-refractivity contribution in [1.29, 1.82) is 0 Å². The van der Waals surface area contributed by atoms with E-state index in [1.165, 1.54) is 22.8 Å². The first-order valence-corrected chi connectivity index (χ1v) is 9.88. The molecule has 1 heterocycles. The van der Waals surface area contributed by atoms with Gasteiger partial charge in [0.05, 0.1) is 7.11 Å². The molecule has 0 aliphatic carbocycles. The van der Waals surface area contributed by atoms with Crippen LogP contribution in [0.4, 0.5) is 4.79 Å². The van der Waals surface area contributed by atoms with Gasteiger partial charge in [0, 0.05) is 16.7 Å². The fourth-order valence-electron chi connectivity index (χ4n) is 3.24. The average molecular weight is 388 g/mol. The van der Waals surface area contributed by atoms with Crippen LogP contribution in [0.5, 0.6) is 0 Å². The van der Waals surface area contributed by atoms with E-state index < -0.39 is 23.7 Å². The lowest BCUT2D eigenvalue weighted by Crippen LogP contribution is -2.43. The summed E-state index contributed by atoms with van der Waals surface area (Å²) in [6, 6.07) is 13.8. The second-order valence-corrected chi connectivity index (χ2v) is 8.97. The number of thioether (sulfide) groups is 1. The summed E-state index contributed by atoms with van der Waals surface area (Å²) < 4.78 is 10.4. The molecular formula is C21H25NO4S. The normalized spacial score (nSPS) is 19.9. The molecule has 0 aromatic heterocycles. The molecular weight excluding hydrogens is 362 g/mol. The Kier molecular flexibility index (Phi) is 5.65. The van der Waals surface area contributed by atoms with E-state index in [1.807, 2.05) is 39.0 Å². The molecule has 0 spiro atoms. The maximum absolute atomic E-state index is 12.6. The molecule has 1 aliphatic heterocycles. The van der Waals surface area contributed by atoms with Gasteiger partial charge in [-0.1, -0.05) is 36.4 Å². The van der Waals surface area contributed by atoms with Gasteiger partial charge in [-0.2, -0.15) is 0 Å². The first-order valence-electron chi connectivity index (χ1n) is 9.00. The summed E-state index contributed by atoms with van der Waals surface area (Å²) in [7, 11) is 1.35. The largest absolute Gasteiger partial charge is 0.467 e. The molecule has 1 aliphatic rings. The van der Waals surface area contributed by atoms with Gasteiger partial charge in [-0.05, 0) is 44.0 Å². The van der Waals surface area contributed by atoms with Gasteiger partial charge in [-0.3, -0.25) is 4.90 Å². The van der Waals surface area contributed by atoms with Crippen LogP contribution in [0, 0.1) is 0 Å². The van der Waals surface area contributed by atoms with Crippen molar-refractivity contribution >= 4 is 34.6 Å². The summed E-state index contributed by atoms with van der Waals surface area (Å²) >= 11 is 1.69. The minimum Gasteiger partial charge on any atom is -0.467 e. The van der Waals surface area contributed by atoms with E-state index in [9.17, 15) is 9.59 Å². The van der Waals surface area contributed by atoms with E-state index in [0.29, 0.717) is 13.0 Å². The highest BCUT2D eigenvalue weighted by Gasteiger charge is 2.42. The maximum atomic E-state index is 12.6. The lowest BCUT2D eigenvalue weighted by molar-refractivity contribution is -0.145. The van der Waals surface area contributed by atoms with Crippen LogP contribution in [-0.4, -0.2) is 47.5 Å². The minimum atomic E-state index is -0.614. The number of esters is 1. The second-order valence-electron chi connectivity index (χ2n) is 7.62. The van der Waals surface area contributed by atoms with E-state index in [1.54, 1.807) is 11.8 Å². The summed E-state index contributed by atoms with van der Waals surface area (Å²) in [5, 5.41) is 2.44. The van der Waals surface area contributed by atoms with Crippen LogP contribution in [0.15, 0.2) is 47.4 Å². The third-order valence-electron chi connectivity index (χ3n) is 4.41. The molecule has 144 valence electrons. The van der Waals surface area contributed by atoms with Gasteiger partial charge in [0.1, 0.15) is 11.6 Å². The number of fused-ring (bicyclic) bond motifs is 1. The molecule has 1 saturated heterocycles. The van der Waals surface area contributed by atoms with Crippen LogP contribution in [0.25, 0.3) is 10.8 Å². The smallest absolute Gasteiger partial charge is 0.411 e. The lowest BCUT2D eigenvalue weighted by atomic mass is 10.1. The summed E-state index contributed by atoms with van der Waals surface area (Å²) in [5.74, 6) is -0.401. The fourth-order valence-corrected chi connectivity index (χ4v) is 4.59. The van der Waals surface area contributed by atoms with Crippen molar-refractivity contribution in [1.82, 2.24) is 4.90 Å². The number of carbonyl (C=O) groups excluding carboxylic acids is 2. The van der Waals surface area contributed by atoms with Crippen LogP contribution in [-0.2, 0) is 14.3 Å². The van der Waals surface area contributed by atoms with Gasteiger partial charge in [0.15, 0.2) is 0 Å². The van der Waals surface area contributed by atoms with Gasteiger partial charge < -0.3 is 9.47 Å². The van der Waals surface area contributed by atoms with E-state index in [2.05, 4.69) is 24.3 Å². The molecule has 0 bridgehead atoms. The standard InChI is InChI=1S/C21H25NO4S/c1-21(2,3)26-20(24)22-13-15(12-17(22)19(23)25-4)27-18-11-7-9-14-8-5-6-10-16(14)18/h5-11,15,17H,12-13H2,1-4H3. The second kappa shape index (κ2) is 7.80. The number of rotatable bonds is 3. The van der Waals surface area contributed by atoms with E-state index >= 15 is 0 Å². The minimum absolute atomic E-state index is 0.0902. The molecule has 5 nitrogen and oxygen atoms in total. The number of likely N-dealkylation sites (tertiary alicyclic amines) is 1. The van der Waals surface area contributed by atoms with E-state index in [0.717, 1.165) is 4.90 Å². The highest BCUT2D eigenvalue weighted by Crippen LogP contribution is 2.37. The van der Waals surface area contributed by atoms with E-state index in [-0.39, 0.29) is 5.25 Å². The van der Waals surface area contributed by atoms with Crippen molar-refractivity contribution < 1.29 is 19.1 Å².